The largest absolute Gasteiger partial charge is 0.468 e. The van der Waals surface area contributed by atoms with Crippen LogP contribution in [-0.4, -0.2) is 37.1 Å². The summed E-state index contributed by atoms with van der Waals surface area (Å²) in [6.07, 6.45) is 3.28. The Morgan fingerprint density at radius 1 is 1.39 bits per heavy atom. The molecule has 10 heteroatoms. The molecule has 1 atom stereocenters. The Balaban J connectivity index is 1.88. The number of esters is 1. The SMILES string of the molecule is COC(=O)C(CCn1cccc1C#N)NS(=O)(=O)c1cccc2[nH]cc(Cl)c12. The Morgan fingerprint density at radius 2 is 2.18 bits per heavy atom. The molecule has 0 saturated heterocycles. The number of rotatable bonds is 7. The van der Waals surface area contributed by atoms with Gasteiger partial charge < -0.3 is 14.3 Å². The van der Waals surface area contributed by atoms with Crippen LogP contribution in [0.2, 0.25) is 5.02 Å². The number of carbonyl (C=O) groups is 1. The van der Waals surface area contributed by atoms with Gasteiger partial charge in [0.15, 0.2) is 0 Å². The third-order valence-corrected chi connectivity index (χ3v) is 6.11. The van der Waals surface area contributed by atoms with E-state index in [1.165, 1.54) is 19.4 Å². The number of aromatic amines is 1. The summed E-state index contributed by atoms with van der Waals surface area (Å²) in [5.74, 6) is -0.721. The third-order valence-electron chi connectivity index (χ3n) is 4.29. The molecule has 2 aromatic heterocycles. The van der Waals surface area contributed by atoms with Crippen molar-refractivity contribution in [1.82, 2.24) is 14.3 Å². The predicted molar refractivity (Wildman–Crippen MR) is 103 cm³/mol. The Hall–Kier alpha value is -2.80. The van der Waals surface area contributed by atoms with Crippen molar-refractivity contribution in [1.29, 1.82) is 5.26 Å². The van der Waals surface area contributed by atoms with Crippen LogP contribution >= 0.6 is 11.6 Å². The van der Waals surface area contributed by atoms with Crippen LogP contribution in [0.3, 0.4) is 0 Å². The number of benzene rings is 1. The van der Waals surface area contributed by atoms with Crippen molar-refractivity contribution in [3.05, 3.63) is 53.4 Å². The first-order valence-electron chi connectivity index (χ1n) is 8.28. The number of halogens is 1. The van der Waals surface area contributed by atoms with Crippen LogP contribution in [0, 0.1) is 11.3 Å². The van der Waals surface area contributed by atoms with Crippen LogP contribution in [0.15, 0.2) is 47.6 Å². The van der Waals surface area contributed by atoms with Crippen LogP contribution in [0.25, 0.3) is 10.9 Å². The number of hydrogen-bond acceptors (Lipinski definition) is 5. The number of nitrogens with zero attached hydrogens (tertiary/aromatic N) is 2. The van der Waals surface area contributed by atoms with E-state index < -0.39 is 22.0 Å². The fourth-order valence-electron chi connectivity index (χ4n) is 2.93. The molecule has 3 aromatic rings. The number of nitriles is 1. The van der Waals surface area contributed by atoms with E-state index in [0.29, 0.717) is 16.6 Å². The van der Waals surface area contributed by atoms with Gasteiger partial charge in [-0.1, -0.05) is 17.7 Å². The van der Waals surface area contributed by atoms with Gasteiger partial charge in [-0.05, 0) is 30.7 Å². The highest BCUT2D eigenvalue weighted by molar-refractivity contribution is 7.89. The van der Waals surface area contributed by atoms with E-state index in [0.717, 1.165) is 0 Å². The number of H-pyrrole nitrogens is 1. The zero-order valence-corrected chi connectivity index (χ0v) is 16.4. The first kappa shape index (κ1) is 19.9. The van der Waals surface area contributed by atoms with Crippen LogP contribution in [0.1, 0.15) is 12.1 Å². The average molecular weight is 421 g/mol. The summed E-state index contributed by atoms with van der Waals surface area (Å²) in [6, 6.07) is 8.93. The van der Waals surface area contributed by atoms with E-state index in [4.69, 9.17) is 21.6 Å². The molecule has 8 nitrogen and oxygen atoms in total. The number of carbonyl (C=O) groups excluding carboxylic acids is 1. The summed E-state index contributed by atoms with van der Waals surface area (Å²) in [7, 11) is -2.89. The minimum Gasteiger partial charge on any atom is -0.468 e. The molecule has 2 heterocycles. The van der Waals surface area contributed by atoms with E-state index in [1.807, 2.05) is 6.07 Å². The van der Waals surface area contributed by atoms with Gasteiger partial charge in [-0.2, -0.15) is 9.98 Å². The van der Waals surface area contributed by atoms with Gasteiger partial charge in [-0.15, -0.1) is 0 Å². The van der Waals surface area contributed by atoms with E-state index in [2.05, 4.69) is 9.71 Å². The van der Waals surface area contributed by atoms with Crippen molar-refractivity contribution in [2.75, 3.05) is 7.11 Å². The van der Waals surface area contributed by atoms with Crippen molar-refractivity contribution in [3.63, 3.8) is 0 Å². The first-order chi connectivity index (χ1) is 13.4. The standard InChI is InChI=1S/C18H17ClN4O4S/c1-27-18(24)15(7-9-23-8-3-4-12(23)10-20)22-28(25,26)16-6-2-5-14-17(16)13(19)11-21-14/h2-6,8,11,15,21-22H,7,9H2,1H3. The molecule has 0 radical (unpaired) electrons. The maximum Gasteiger partial charge on any atom is 0.323 e. The summed E-state index contributed by atoms with van der Waals surface area (Å²) in [4.78, 5) is 15.0. The highest BCUT2D eigenvalue weighted by Crippen LogP contribution is 2.29. The maximum absolute atomic E-state index is 13.0. The Kier molecular flexibility index (Phi) is 5.74. The average Bonchev–Trinajstić information content (AvgIpc) is 3.30. The van der Waals surface area contributed by atoms with Crippen molar-refractivity contribution in [2.45, 2.75) is 23.9 Å². The fourth-order valence-corrected chi connectivity index (χ4v) is 4.71. The van der Waals surface area contributed by atoms with Crippen LogP contribution in [0.5, 0.6) is 0 Å². The summed E-state index contributed by atoms with van der Waals surface area (Å²) in [5.41, 5.74) is 0.976. The molecule has 0 aliphatic carbocycles. The second-order valence-corrected chi connectivity index (χ2v) is 8.09. The molecule has 0 amide bonds. The smallest absolute Gasteiger partial charge is 0.323 e. The van der Waals surface area contributed by atoms with Gasteiger partial charge in [0, 0.05) is 29.8 Å². The van der Waals surface area contributed by atoms with Gasteiger partial charge in [-0.25, -0.2) is 8.42 Å². The number of ether oxygens (including phenoxy) is 1. The number of fused-ring (bicyclic) bond motifs is 1. The molecule has 0 fully saturated rings. The summed E-state index contributed by atoms with van der Waals surface area (Å²) in [5, 5.41) is 9.69. The van der Waals surface area contributed by atoms with Crippen LogP contribution in [0.4, 0.5) is 0 Å². The van der Waals surface area contributed by atoms with Gasteiger partial charge >= 0.3 is 5.97 Å². The van der Waals surface area contributed by atoms with Gasteiger partial charge in [0.05, 0.1) is 17.0 Å². The molecular formula is C18H17ClN4O4S. The summed E-state index contributed by atoms with van der Waals surface area (Å²) in [6.45, 7) is 0.257. The zero-order chi connectivity index (χ0) is 20.3. The minimum absolute atomic E-state index is 0.0381. The molecule has 28 heavy (non-hydrogen) atoms. The number of aromatic nitrogens is 2. The highest BCUT2D eigenvalue weighted by Gasteiger charge is 2.28. The van der Waals surface area contributed by atoms with Crippen LogP contribution in [-0.2, 0) is 26.1 Å². The molecule has 0 bridgehead atoms. The minimum atomic E-state index is -4.07. The molecule has 0 aliphatic rings. The molecule has 1 aromatic carbocycles. The lowest BCUT2D eigenvalue weighted by molar-refractivity contribution is -0.142. The molecule has 0 spiro atoms. The third kappa shape index (κ3) is 3.89. The second-order valence-electron chi connectivity index (χ2n) is 6.00. The molecule has 146 valence electrons. The Labute approximate surface area is 166 Å². The number of aryl methyl sites for hydroxylation is 1. The highest BCUT2D eigenvalue weighted by atomic mass is 35.5. The molecule has 3 rings (SSSR count). The summed E-state index contributed by atoms with van der Waals surface area (Å²) >= 11 is 6.12. The molecular weight excluding hydrogens is 404 g/mol. The molecule has 0 aliphatic heterocycles. The molecule has 1 unspecified atom stereocenters. The second kappa shape index (κ2) is 8.06. The molecule has 0 saturated carbocycles. The van der Waals surface area contributed by atoms with E-state index in [-0.39, 0.29) is 22.9 Å². The fraction of sp³-hybridized carbons (Fsp3) is 0.222. The predicted octanol–water partition coefficient (Wildman–Crippen LogP) is 2.40. The van der Waals surface area contributed by atoms with E-state index in [1.54, 1.807) is 35.0 Å². The van der Waals surface area contributed by atoms with Gasteiger partial charge in [-0.3, -0.25) is 4.79 Å². The lowest BCUT2D eigenvalue weighted by Crippen LogP contribution is -2.42. The maximum atomic E-state index is 13.0. The first-order valence-corrected chi connectivity index (χ1v) is 10.1. The lowest BCUT2D eigenvalue weighted by atomic mass is 10.2. The Morgan fingerprint density at radius 3 is 2.89 bits per heavy atom. The van der Waals surface area contributed by atoms with E-state index in [9.17, 15) is 13.2 Å². The number of sulfonamides is 1. The van der Waals surface area contributed by atoms with E-state index >= 15 is 0 Å². The zero-order valence-electron chi connectivity index (χ0n) is 14.8. The van der Waals surface area contributed by atoms with Gasteiger partial charge in [0.1, 0.15) is 17.8 Å². The number of nitrogens with one attached hydrogen (secondary N) is 2. The number of hydrogen-bond donors (Lipinski definition) is 2. The van der Waals surface area contributed by atoms with Gasteiger partial charge in [0.2, 0.25) is 10.0 Å². The molecule has 2 N–H and O–H groups in total. The Bertz CT molecular complexity index is 1160. The van der Waals surface area contributed by atoms with Crippen molar-refractivity contribution in [3.8, 4) is 6.07 Å². The van der Waals surface area contributed by atoms with Crippen molar-refractivity contribution < 1.29 is 17.9 Å². The lowest BCUT2D eigenvalue weighted by Gasteiger charge is -2.18. The van der Waals surface area contributed by atoms with Crippen LogP contribution < -0.4 is 4.72 Å². The van der Waals surface area contributed by atoms with Gasteiger partial charge in [0.25, 0.3) is 0 Å². The summed E-state index contributed by atoms with van der Waals surface area (Å²) < 4.78 is 34.7. The van der Waals surface area contributed by atoms with Crippen molar-refractivity contribution in [2.24, 2.45) is 0 Å². The monoisotopic (exact) mass is 420 g/mol. The number of methoxy groups -OCH3 is 1. The van der Waals surface area contributed by atoms with Crippen molar-refractivity contribution >= 4 is 38.5 Å². The quantitative estimate of drug-likeness (QED) is 0.569. The normalized spacial score (nSPS) is 12.6. The topological polar surface area (TPSA) is 117 Å².